The molecule has 34 heavy (non-hydrogen) atoms. The summed E-state index contributed by atoms with van der Waals surface area (Å²) >= 11 is 0. The summed E-state index contributed by atoms with van der Waals surface area (Å²) in [7, 11) is -3.39. The third-order valence-electron chi connectivity index (χ3n) is 6.14. The number of ether oxygens (including phenoxy) is 1. The summed E-state index contributed by atoms with van der Waals surface area (Å²) in [5.74, 6) is 0.803. The van der Waals surface area contributed by atoms with Crippen LogP contribution >= 0.6 is 0 Å². The zero-order valence-corrected chi connectivity index (χ0v) is 20.1. The van der Waals surface area contributed by atoms with Gasteiger partial charge in [-0.05, 0) is 51.0 Å². The van der Waals surface area contributed by atoms with E-state index in [1.54, 1.807) is 38.5 Å². The van der Waals surface area contributed by atoms with Crippen molar-refractivity contribution in [2.45, 2.75) is 44.5 Å². The highest BCUT2D eigenvalue weighted by molar-refractivity contribution is 7.93. The fourth-order valence-corrected chi connectivity index (χ4v) is 4.78. The highest BCUT2D eigenvalue weighted by Gasteiger charge is 2.30. The number of anilines is 2. The molecular weight excluding hydrogens is 450 g/mol. The first-order chi connectivity index (χ1) is 16.3. The van der Waals surface area contributed by atoms with Gasteiger partial charge in [0.15, 0.2) is 0 Å². The molecule has 1 saturated carbocycles. The lowest BCUT2D eigenvalue weighted by Gasteiger charge is -2.13. The predicted octanol–water partition coefficient (Wildman–Crippen LogP) is 4.65. The fraction of sp³-hybridized carbons (Fsp3) is 0.320. The van der Waals surface area contributed by atoms with E-state index in [1.165, 1.54) is 0 Å². The van der Waals surface area contributed by atoms with Crippen LogP contribution in [-0.2, 0) is 16.6 Å². The standard InChI is InChI=1S/C25H29N5O3S/c1-17(2)34(31,32)28-19-5-3-18(4-6-19)25-24(26)22-10-9-21(15-23(22)30(25)20-7-8-20)33-14-13-29-12-11-27-16-29/h3-6,9-12,15-17,20,28H,7-8,13-14,26H2,1-2H3. The van der Waals surface area contributed by atoms with Crippen molar-refractivity contribution in [3.63, 3.8) is 0 Å². The average molecular weight is 480 g/mol. The van der Waals surface area contributed by atoms with Crippen LogP contribution in [0.4, 0.5) is 11.4 Å². The largest absolute Gasteiger partial charge is 0.492 e. The molecule has 1 aliphatic rings. The van der Waals surface area contributed by atoms with Gasteiger partial charge < -0.3 is 19.6 Å². The lowest BCUT2D eigenvalue weighted by atomic mass is 10.1. The maximum absolute atomic E-state index is 12.2. The van der Waals surface area contributed by atoms with E-state index in [1.807, 2.05) is 35.0 Å². The van der Waals surface area contributed by atoms with Crippen LogP contribution in [0.1, 0.15) is 32.7 Å². The predicted molar refractivity (Wildman–Crippen MR) is 135 cm³/mol. The number of nitrogens with two attached hydrogens (primary N) is 1. The zero-order valence-electron chi connectivity index (χ0n) is 19.3. The molecule has 0 radical (unpaired) electrons. The van der Waals surface area contributed by atoms with Crippen molar-refractivity contribution in [1.29, 1.82) is 0 Å². The molecule has 4 aromatic rings. The van der Waals surface area contributed by atoms with Gasteiger partial charge in [0.2, 0.25) is 10.0 Å². The molecule has 0 unspecified atom stereocenters. The molecular formula is C25H29N5O3S. The number of benzene rings is 2. The van der Waals surface area contributed by atoms with Gasteiger partial charge in [-0.3, -0.25) is 4.72 Å². The maximum atomic E-state index is 12.2. The van der Waals surface area contributed by atoms with Crippen LogP contribution in [0.3, 0.4) is 0 Å². The summed E-state index contributed by atoms with van der Waals surface area (Å²) < 4.78 is 37.3. The fourth-order valence-electron chi connectivity index (χ4n) is 4.08. The number of sulfonamides is 1. The van der Waals surface area contributed by atoms with Crippen LogP contribution in [-0.4, -0.2) is 34.4 Å². The van der Waals surface area contributed by atoms with Gasteiger partial charge in [-0.15, -0.1) is 0 Å². The lowest BCUT2D eigenvalue weighted by molar-refractivity contribution is 0.298. The Bertz CT molecular complexity index is 1400. The molecule has 1 fully saturated rings. The molecule has 2 aromatic heterocycles. The van der Waals surface area contributed by atoms with E-state index in [-0.39, 0.29) is 0 Å². The van der Waals surface area contributed by atoms with E-state index in [2.05, 4.69) is 20.3 Å². The van der Waals surface area contributed by atoms with Gasteiger partial charge in [0.05, 0.1) is 35.0 Å². The van der Waals surface area contributed by atoms with Crippen LogP contribution in [0, 0.1) is 0 Å². The third-order valence-corrected chi connectivity index (χ3v) is 7.90. The first kappa shape index (κ1) is 22.3. The van der Waals surface area contributed by atoms with Crippen LogP contribution in [0.15, 0.2) is 61.2 Å². The monoisotopic (exact) mass is 479 g/mol. The Hall–Kier alpha value is -3.46. The molecule has 2 heterocycles. The van der Waals surface area contributed by atoms with Gasteiger partial charge in [-0.25, -0.2) is 13.4 Å². The molecule has 0 amide bonds. The summed E-state index contributed by atoms with van der Waals surface area (Å²) in [6.07, 6.45) is 7.65. The van der Waals surface area contributed by atoms with Crippen molar-refractivity contribution in [1.82, 2.24) is 14.1 Å². The molecule has 0 atom stereocenters. The van der Waals surface area contributed by atoms with Crippen LogP contribution in [0.5, 0.6) is 5.75 Å². The summed E-state index contributed by atoms with van der Waals surface area (Å²) in [5.41, 5.74) is 10.9. The summed E-state index contributed by atoms with van der Waals surface area (Å²) in [6, 6.07) is 13.8. The van der Waals surface area contributed by atoms with Gasteiger partial charge in [-0.2, -0.15) is 0 Å². The molecule has 1 aliphatic carbocycles. The van der Waals surface area contributed by atoms with E-state index in [9.17, 15) is 8.42 Å². The van der Waals surface area contributed by atoms with E-state index in [4.69, 9.17) is 10.5 Å². The summed E-state index contributed by atoms with van der Waals surface area (Å²) in [5, 5.41) is 0.491. The second-order valence-electron chi connectivity index (χ2n) is 8.96. The van der Waals surface area contributed by atoms with E-state index >= 15 is 0 Å². The van der Waals surface area contributed by atoms with Gasteiger partial charge >= 0.3 is 0 Å². The van der Waals surface area contributed by atoms with Crippen molar-refractivity contribution in [2.75, 3.05) is 17.1 Å². The minimum absolute atomic E-state index is 0.398. The number of nitrogens with one attached hydrogen (secondary N) is 1. The minimum atomic E-state index is -3.39. The number of hydrogen-bond acceptors (Lipinski definition) is 5. The van der Waals surface area contributed by atoms with Crippen molar-refractivity contribution < 1.29 is 13.2 Å². The van der Waals surface area contributed by atoms with Gasteiger partial charge in [0.25, 0.3) is 0 Å². The number of nitrogens with zero attached hydrogens (tertiary/aromatic N) is 3. The molecule has 0 saturated heterocycles. The minimum Gasteiger partial charge on any atom is -0.492 e. The SMILES string of the molecule is CC(C)S(=O)(=O)Nc1ccc(-c2c(N)c3ccc(OCCn4ccnc4)cc3n2C2CC2)cc1. The third kappa shape index (κ3) is 4.35. The van der Waals surface area contributed by atoms with E-state index in [0.717, 1.165) is 53.0 Å². The lowest BCUT2D eigenvalue weighted by Crippen LogP contribution is -2.22. The molecule has 0 spiro atoms. The normalized spacial score (nSPS) is 14.1. The van der Waals surface area contributed by atoms with E-state index < -0.39 is 15.3 Å². The van der Waals surface area contributed by atoms with Crippen LogP contribution in [0.25, 0.3) is 22.2 Å². The topological polar surface area (TPSA) is 104 Å². The summed E-state index contributed by atoms with van der Waals surface area (Å²) in [4.78, 5) is 4.05. The number of hydrogen-bond donors (Lipinski definition) is 2. The molecule has 0 bridgehead atoms. The zero-order chi connectivity index (χ0) is 23.9. The van der Waals surface area contributed by atoms with Crippen molar-refractivity contribution in [3.8, 4) is 17.0 Å². The molecule has 9 heteroatoms. The Morgan fingerprint density at radius 1 is 1.18 bits per heavy atom. The van der Waals surface area contributed by atoms with Gasteiger partial charge in [0, 0.05) is 41.1 Å². The Labute approximate surface area is 199 Å². The van der Waals surface area contributed by atoms with Crippen molar-refractivity contribution >= 4 is 32.3 Å². The first-order valence-corrected chi connectivity index (χ1v) is 13.0. The Kier molecular flexibility index (Phi) is 5.73. The molecule has 3 N–H and O–H groups in total. The number of rotatable bonds is 9. The van der Waals surface area contributed by atoms with E-state index in [0.29, 0.717) is 18.3 Å². The molecule has 8 nitrogen and oxygen atoms in total. The number of fused-ring (bicyclic) bond motifs is 1. The Morgan fingerprint density at radius 3 is 2.59 bits per heavy atom. The first-order valence-electron chi connectivity index (χ1n) is 11.5. The number of imidazole rings is 1. The quantitative estimate of drug-likeness (QED) is 0.364. The van der Waals surface area contributed by atoms with Crippen molar-refractivity contribution in [3.05, 3.63) is 61.2 Å². The highest BCUT2D eigenvalue weighted by Crippen LogP contribution is 2.46. The van der Waals surface area contributed by atoms with Crippen LogP contribution < -0.4 is 15.2 Å². The molecule has 0 aliphatic heterocycles. The second kappa shape index (κ2) is 8.72. The van der Waals surface area contributed by atoms with Crippen LogP contribution in [0.2, 0.25) is 0 Å². The number of aromatic nitrogens is 3. The smallest absolute Gasteiger partial charge is 0.235 e. The molecule has 178 valence electrons. The number of nitrogen functional groups attached to an aromatic ring is 1. The molecule has 5 rings (SSSR count). The average Bonchev–Trinajstić information content (AvgIpc) is 3.43. The molecule has 2 aromatic carbocycles. The van der Waals surface area contributed by atoms with Crippen molar-refractivity contribution in [2.24, 2.45) is 0 Å². The maximum Gasteiger partial charge on any atom is 0.235 e. The highest BCUT2D eigenvalue weighted by atomic mass is 32.2. The Balaban J connectivity index is 1.45. The van der Waals surface area contributed by atoms with Gasteiger partial charge in [0.1, 0.15) is 12.4 Å². The summed E-state index contributed by atoms with van der Waals surface area (Å²) in [6.45, 7) is 4.58. The second-order valence-corrected chi connectivity index (χ2v) is 11.2. The Morgan fingerprint density at radius 2 is 1.94 bits per heavy atom. The van der Waals surface area contributed by atoms with Gasteiger partial charge in [-0.1, -0.05) is 12.1 Å².